The lowest BCUT2D eigenvalue weighted by Gasteiger charge is -2.10. The van der Waals surface area contributed by atoms with Crippen molar-refractivity contribution in [2.75, 3.05) is 17.3 Å². The number of nitrogens with zero attached hydrogens (tertiary/aromatic N) is 1. The Morgan fingerprint density at radius 2 is 1.86 bits per heavy atom. The van der Waals surface area contributed by atoms with Crippen LogP contribution in [-0.4, -0.2) is 11.5 Å². The van der Waals surface area contributed by atoms with E-state index < -0.39 is 4.92 Å². The quantitative estimate of drug-likeness (QED) is 0.429. The van der Waals surface area contributed by atoms with Crippen molar-refractivity contribution in [2.45, 2.75) is 6.92 Å². The van der Waals surface area contributed by atoms with Gasteiger partial charge < -0.3 is 15.5 Å². The van der Waals surface area contributed by atoms with Gasteiger partial charge in [-0.15, -0.1) is 0 Å². The summed E-state index contributed by atoms with van der Waals surface area (Å²) in [5.74, 6) is 6.05. The van der Waals surface area contributed by atoms with Crippen LogP contribution < -0.4 is 21.3 Å². The molecular formula is C14H16N4O3. The highest BCUT2D eigenvalue weighted by atomic mass is 16.6. The van der Waals surface area contributed by atoms with E-state index in [0.717, 1.165) is 11.4 Å². The highest BCUT2D eigenvalue weighted by Crippen LogP contribution is 2.34. The van der Waals surface area contributed by atoms with E-state index in [9.17, 15) is 10.1 Å². The number of nitro benzene ring substituents is 1. The molecule has 0 atom stereocenters. The molecule has 0 aromatic heterocycles. The Hall–Kier alpha value is -2.80. The molecule has 2 aromatic carbocycles. The first-order valence-electron chi connectivity index (χ1n) is 6.39. The molecule has 0 aliphatic carbocycles. The van der Waals surface area contributed by atoms with Crippen LogP contribution in [0, 0.1) is 10.1 Å². The van der Waals surface area contributed by atoms with Gasteiger partial charge in [0.2, 0.25) is 0 Å². The van der Waals surface area contributed by atoms with Crippen molar-refractivity contribution in [2.24, 2.45) is 5.84 Å². The van der Waals surface area contributed by atoms with Crippen LogP contribution in [0.2, 0.25) is 0 Å². The van der Waals surface area contributed by atoms with E-state index in [-0.39, 0.29) is 11.4 Å². The number of nitro groups is 1. The molecule has 7 nitrogen and oxygen atoms in total. The first-order chi connectivity index (χ1) is 10.2. The van der Waals surface area contributed by atoms with Crippen molar-refractivity contribution in [3.63, 3.8) is 0 Å². The van der Waals surface area contributed by atoms with Crippen LogP contribution in [0.15, 0.2) is 42.5 Å². The monoisotopic (exact) mass is 288 g/mol. The number of hydrogen-bond acceptors (Lipinski definition) is 6. The van der Waals surface area contributed by atoms with E-state index in [0.29, 0.717) is 12.3 Å². The van der Waals surface area contributed by atoms with Crippen molar-refractivity contribution in [3.8, 4) is 5.75 Å². The highest BCUT2D eigenvalue weighted by molar-refractivity contribution is 5.79. The molecule has 0 heterocycles. The molecule has 21 heavy (non-hydrogen) atoms. The van der Waals surface area contributed by atoms with Crippen molar-refractivity contribution in [1.82, 2.24) is 0 Å². The fourth-order valence-electron chi connectivity index (χ4n) is 1.91. The lowest BCUT2D eigenvalue weighted by molar-refractivity contribution is -0.383. The number of benzene rings is 2. The van der Waals surface area contributed by atoms with Gasteiger partial charge in [-0.05, 0) is 43.3 Å². The van der Waals surface area contributed by atoms with Crippen LogP contribution in [0.4, 0.5) is 22.7 Å². The first-order valence-corrected chi connectivity index (χ1v) is 6.39. The van der Waals surface area contributed by atoms with E-state index in [1.165, 1.54) is 0 Å². The Kier molecular flexibility index (Phi) is 4.57. The molecule has 110 valence electrons. The number of rotatable bonds is 6. The van der Waals surface area contributed by atoms with E-state index in [1.807, 2.05) is 6.92 Å². The number of anilines is 3. The average molecular weight is 288 g/mol. The highest BCUT2D eigenvalue weighted by Gasteiger charge is 2.19. The first kappa shape index (κ1) is 14.6. The normalized spacial score (nSPS) is 10.0. The number of para-hydroxylation sites is 1. The molecule has 0 radical (unpaired) electrons. The van der Waals surface area contributed by atoms with Crippen LogP contribution >= 0.6 is 0 Å². The maximum atomic E-state index is 11.2. The Morgan fingerprint density at radius 1 is 1.19 bits per heavy atom. The molecule has 2 rings (SSSR count). The van der Waals surface area contributed by atoms with Gasteiger partial charge >= 0.3 is 5.69 Å². The third-order valence-electron chi connectivity index (χ3n) is 2.82. The second-order valence-corrected chi connectivity index (χ2v) is 4.19. The maximum Gasteiger partial charge on any atom is 0.316 e. The van der Waals surface area contributed by atoms with Gasteiger partial charge in [-0.2, -0.15) is 0 Å². The van der Waals surface area contributed by atoms with Gasteiger partial charge in [0.15, 0.2) is 0 Å². The van der Waals surface area contributed by atoms with Crippen LogP contribution in [0.3, 0.4) is 0 Å². The van der Waals surface area contributed by atoms with Crippen LogP contribution in [0.25, 0.3) is 0 Å². The number of nitrogens with two attached hydrogens (primary N) is 1. The summed E-state index contributed by atoms with van der Waals surface area (Å²) in [7, 11) is 0. The zero-order valence-electron chi connectivity index (χ0n) is 11.5. The molecule has 0 saturated carbocycles. The minimum Gasteiger partial charge on any atom is -0.494 e. The summed E-state index contributed by atoms with van der Waals surface area (Å²) in [6.07, 6.45) is 0. The van der Waals surface area contributed by atoms with Crippen LogP contribution in [-0.2, 0) is 0 Å². The van der Waals surface area contributed by atoms with Gasteiger partial charge in [0.1, 0.15) is 17.1 Å². The van der Waals surface area contributed by atoms with E-state index in [4.69, 9.17) is 10.6 Å². The molecule has 0 amide bonds. The predicted octanol–water partition coefficient (Wildman–Crippen LogP) is 3.02. The number of nitrogen functional groups attached to an aromatic ring is 1. The van der Waals surface area contributed by atoms with Gasteiger partial charge in [0, 0.05) is 5.69 Å². The Bertz CT molecular complexity index is 629. The molecule has 4 N–H and O–H groups in total. The standard InChI is InChI=1S/C14H16N4O3/c1-2-21-11-8-6-10(7-9-11)16-12-4-3-5-13(17-15)14(12)18(19)20/h3-9,16-17H,2,15H2,1H3. The summed E-state index contributed by atoms with van der Waals surface area (Å²) in [6, 6.07) is 12.0. The Labute approximate surface area is 121 Å². The summed E-state index contributed by atoms with van der Waals surface area (Å²) in [5.41, 5.74) is 3.55. The molecule has 0 spiro atoms. The summed E-state index contributed by atoms with van der Waals surface area (Å²) in [5, 5.41) is 14.2. The molecule has 7 heteroatoms. The fourth-order valence-corrected chi connectivity index (χ4v) is 1.91. The zero-order chi connectivity index (χ0) is 15.2. The molecule has 0 fully saturated rings. The third kappa shape index (κ3) is 3.40. The Balaban J connectivity index is 2.28. The van der Waals surface area contributed by atoms with Gasteiger partial charge in [0.05, 0.1) is 11.5 Å². The largest absolute Gasteiger partial charge is 0.494 e. The lowest BCUT2D eigenvalue weighted by atomic mass is 10.2. The van der Waals surface area contributed by atoms with Crippen LogP contribution in [0.1, 0.15) is 6.92 Å². The number of hydrogen-bond donors (Lipinski definition) is 3. The molecule has 0 saturated heterocycles. The summed E-state index contributed by atoms with van der Waals surface area (Å²) in [4.78, 5) is 10.7. The second-order valence-electron chi connectivity index (χ2n) is 4.19. The molecule has 0 unspecified atom stereocenters. The summed E-state index contributed by atoms with van der Waals surface area (Å²) >= 11 is 0. The third-order valence-corrected chi connectivity index (χ3v) is 2.82. The minimum absolute atomic E-state index is 0.103. The Morgan fingerprint density at radius 3 is 2.43 bits per heavy atom. The van der Waals surface area contributed by atoms with Gasteiger partial charge in [-0.3, -0.25) is 16.0 Å². The maximum absolute atomic E-state index is 11.2. The van der Waals surface area contributed by atoms with E-state index in [2.05, 4.69) is 10.7 Å². The SMILES string of the molecule is CCOc1ccc(Nc2cccc(NN)c2[N+](=O)[O-])cc1. The predicted molar refractivity (Wildman–Crippen MR) is 81.8 cm³/mol. The molecule has 0 aliphatic heterocycles. The smallest absolute Gasteiger partial charge is 0.316 e. The van der Waals surface area contributed by atoms with Crippen molar-refractivity contribution >= 4 is 22.7 Å². The van der Waals surface area contributed by atoms with Crippen molar-refractivity contribution in [1.29, 1.82) is 0 Å². The molecular weight excluding hydrogens is 272 g/mol. The van der Waals surface area contributed by atoms with Crippen molar-refractivity contribution < 1.29 is 9.66 Å². The van der Waals surface area contributed by atoms with E-state index in [1.54, 1.807) is 42.5 Å². The molecule has 0 bridgehead atoms. The summed E-state index contributed by atoms with van der Waals surface area (Å²) < 4.78 is 5.35. The topological polar surface area (TPSA) is 102 Å². The zero-order valence-corrected chi connectivity index (χ0v) is 11.5. The number of hydrazine groups is 1. The number of nitrogens with one attached hydrogen (secondary N) is 2. The second kappa shape index (κ2) is 6.58. The number of ether oxygens (including phenoxy) is 1. The van der Waals surface area contributed by atoms with Crippen molar-refractivity contribution in [3.05, 3.63) is 52.6 Å². The van der Waals surface area contributed by atoms with Gasteiger partial charge in [-0.25, -0.2) is 0 Å². The fraction of sp³-hybridized carbons (Fsp3) is 0.143. The average Bonchev–Trinajstić information content (AvgIpc) is 2.49. The van der Waals surface area contributed by atoms with E-state index >= 15 is 0 Å². The molecule has 2 aromatic rings. The van der Waals surface area contributed by atoms with Crippen LogP contribution in [0.5, 0.6) is 5.75 Å². The summed E-state index contributed by atoms with van der Waals surface area (Å²) in [6.45, 7) is 2.49. The molecule has 0 aliphatic rings. The minimum atomic E-state index is -0.480. The van der Waals surface area contributed by atoms with Gasteiger partial charge in [0.25, 0.3) is 0 Å². The van der Waals surface area contributed by atoms with Gasteiger partial charge in [-0.1, -0.05) is 6.07 Å². The lowest BCUT2D eigenvalue weighted by Crippen LogP contribution is -2.10.